The maximum Gasteiger partial charge on any atom is 0.329 e. The van der Waals surface area contributed by atoms with Crippen molar-refractivity contribution in [1.29, 1.82) is 0 Å². The second-order valence-electron chi connectivity index (χ2n) is 5.01. The first-order chi connectivity index (χ1) is 12.8. The van der Waals surface area contributed by atoms with Crippen molar-refractivity contribution in [2.45, 2.75) is 0 Å². The van der Waals surface area contributed by atoms with E-state index < -0.39 is 34.0 Å². The van der Waals surface area contributed by atoms with E-state index in [0.29, 0.717) is 0 Å². The Morgan fingerprint density at radius 3 is 2.52 bits per heavy atom. The van der Waals surface area contributed by atoms with E-state index in [9.17, 15) is 29.2 Å². The van der Waals surface area contributed by atoms with Crippen molar-refractivity contribution in [1.82, 2.24) is 5.43 Å². The number of carbonyl (C=O) groups is 2. The Labute approximate surface area is 151 Å². The highest BCUT2D eigenvalue weighted by Gasteiger charge is 2.19. The molecule has 0 saturated heterocycles. The summed E-state index contributed by atoms with van der Waals surface area (Å²) in [5.41, 5.74) is 1.66. The summed E-state index contributed by atoms with van der Waals surface area (Å²) in [6.07, 6.45) is 1.03. The molecule has 0 aliphatic heterocycles. The van der Waals surface area contributed by atoms with Gasteiger partial charge in [-0.3, -0.25) is 19.7 Å². The molecule has 0 heterocycles. The number of phenols is 1. The SMILES string of the molecule is COc1cc(/C=N/NC(=O)C(=O)Nc2ccc(F)cc2)cc([N+](=O)[O-])c1O. The highest BCUT2D eigenvalue weighted by Crippen LogP contribution is 2.36. The van der Waals surface area contributed by atoms with Gasteiger partial charge in [0.2, 0.25) is 5.75 Å². The third kappa shape index (κ3) is 4.98. The Hall–Kier alpha value is -4.02. The second kappa shape index (κ2) is 8.38. The lowest BCUT2D eigenvalue weighted by Crippen LogP contribution is -2.32. The first-order valence-electron chi connectivity index (χ1n) is 7.27. The number of nitro groups is 1. The molecule has 3 N–H and O–H groups in total. The molecule has 0 aliphatic rings. The normalized spacial score (nSPS) is 10.4. The van der Waals surface area contributed by atoms with Crippen molar-refractivity contribution in [3.8, 4) is 11.5 Å². The van der Waals surface area contributed by atoms with Gasteiger partial charge < -0.3 is 15.2 Å². The number of hydrogen-bond donors (Lipinski definition) is 3. The van der Waals surface area contributed by atoms with E-state index in [1.165, 1.54) is 25.3 Å². The summed E-state index contributed by atoms with van der Waals surface area (Å²) < 4.78 is 17.6. The van der Waals surface area contributed by atoms with Gasteiger partial charge in [-0.25, -0.2) is 9.82 Å². The molecule has 140 valence electrons. The molecule has 2 amide bonds. The fourth-order valence-corrected chi connectivity index (χ4v) is 1.92. The van der Waals surface area contributed by atoms with Gasteiger partial charge in [0, 0.05) is 17.3 Å². The molecular weight excluding hydrogens is 363 g/mol. The van der Waals surface area contributed by atoms with Crippen molar-refractivity contribution in [2.75, 3.05) is 12.4 Å². The van der Waals surface area contributed by atoms with Crippen LogP contribution >= 0.6 is 0 Å². The van der Waals surface area contributed by atoms with Gasteiger partial charge in [0.1, 0.15) is 5.82 Å². The standard InChI is InChI=1S/C16H13FN4O6/c1-27-13-7-9(6-12(14(13)22)21(25)26)8-18-20-16(24)15(23)19-11-4-2-10(17)3-5-11/h2-8,22H,1H3,(H,19,23)(H,20,24)/b18-8+. The molecule has 27 heavy (non-hydrogen) atoms. The van der Waals surface area contributed by atoms with Crippen molar-refractivity contribution in [2.24, 2.45) is 5.10 Å². The number of aromatic hydroxyl groups is 1. The summed E-state index contributed by atoms with van der Waals surface area (Å²) in [7, 11) is 1.21. The minimum absolute atomic E-state index is 0.135. The molecule has 0 spiro atoms. The van der Waals surface area contributed by atoms with Gasteiger partial charge in [0.05, 0.1) is 18.2 Å². The Kier molecular flexibility index (Phi) is 5.99. The molecule has 2 aromatic carbocycles. The van der Waals surface area contributed by atoms with Crippen molar-refractivity contribution in [3.05, 3.63) is 57.9 Å². The number of anilines is 1. The van der Waals surface area contributed by atoms with Crippen LogP contribution in [0.15, 0.2) is 41.5 Å². The number of halogens is 1. The Morgan fingerprint density at radius 1 is 1.26 bits per heavy atom. The quantitative estimate of drug-likeness (QED) is 0.313. The van der Waals surface area contributed by atoms with Crippen molar-refractivity contribution in [3.63, 3.8) is 0 Å². The minimum Gasteiger partial charge on any atom is -0.500 e. The number of ether oxygens (including phenoxy) is 1. The molecule has 2 aromatic rings. The first kappa shape index (κ1) is 19.3. The number of rotatable bonds is 5. The largest absolute Gasteiger partial charge is 0.500 e. The summed E-state index contributed by atoms with van der Waals surface area (Å²) in [5, 5.41) is 26.3. The summed E-state index contributed by atoms with van der Waals surface area (Å²) >= 11 is 0. The lowest BCUT2D eigenvalue weighted by Gasteiger charge is -2.05. The summed E-state index contributed by atoms with van der Waals surface area (Å²) in [5.74, 6) is -3.47. The van der Waals surface area contributed by atoms with Crippen LogP contribution in [-0.2, 0) is 9.59 Å². The smallest absolute Gasteiger partial charge is 0.329 e. The first-order valence-corrected chi connectivity index (χ1v) is 7.27. The highest BCUT2D eigenvalue weighted by atomic mass is 19.1. The van der Waals surface area contributed by atoms with Crippen LogP contribution in [0.3, 0.4) is 0 Å². The number of amides is 2. The van der Waals surface area contributed by atoms with Crippen molar-refractivity contribution >= 4 is 29.4 Å². The van der Waals surface area contributed by atoms with E-state index in [1.54, 1.807) is 0 Å². The summed E-state index contributed by atoms with van der Waals surface area (Å²) in [6, 6.07) is 7.01. The van der Waals surface area contributed by atoms with Crippen LogP contribution in [0, 0.1) is 15.9 Å². The van der Waals surface area contributed by atoms with Crippen LogP contribution in [0.4, 0.5) is 15.8 Å². The molecule has 0 bridgehead atoms. The molecule has 0 atom stereocenters. The van der Waals surface area contributed by atoms with Crippen LogP contribution in [0.25, 0.3) is 0 Å². The predicted octanol–water partition coefficient (Wildman–Crippen LogP) is 1.54. The number of hydrogen-bond acceptors (Lipinski definition) is 7. The van der Waals surface area contributed by atoms with E-state index >= 15 is 0 Å². The molecule has 2 rings (SSSR count). The lowest BCUT2D eigenvalue weighted by atomic mass is 10.2. The summed E-state index contributed by atoms with van der Waals surface area (Å²) in [6.45, 7) is 0. The number of nitrogens with zero attached hydrogens (tertiary/aromatic N) is 2. The average Bonchev–Trinajstić information content (AvgIpc) is 2.64. The average molecular weight is 376 g/mol. The molecule has 0 aliphatic carbocycles. The lowest BCUT2D eigenvalue weighted by molar-refractivity contribution is -0.386. The zero-order valence-electron chi connectivity index (χ0n) is 13.8. The number of phenolic OH excluding ortho intramolecular Hbond substituents is 1. The molecule has 0 unspecified atom stereocenters. The van der Waals surface area contributed by atoms with E-state index in [-0.39, 0.29) is 17.0 Å². The van der Waals surface area contributed by atoms with Gasteiger partial charge in [0.15, 0.2) is 5.75 Å². The zero-order valence-corrected chi connectivity index (χ0v) is 13.8. The monoisotopic (exact) mass is 376 g/mol. The molecular formula is C16H13FN4O6. The molecule has 0 saturated carbocycles. The minimum atomic E-state index is -1.11. The third-order valence-corrected chi connectivity index (χ3v) is 3.18. The van der Waals surface area contributed by atoms with Crippen LogP contribution in [-0.4, -0.2) is 35.2 Å². The second-order valence-corrected chi connectivity index (χ2v) is 5.01. The Bertz CT molecular complexity index is 914. The fraction of sp³-hybridized carbons (Fsp3) is 0.0625. The maximum atomic E-state index is 12.8. The molecule has 0 aromatic heterocycles. The topological polar surface area (TPSA) is 143 Å². The zero-order chi connectivity index (χ0) is 20.0. The predicted molar refractivity (Wildman–Crippen MR) is 92.1 cm³/mol. The van der Waals surface area contributed by atoms with Gasteiger partial charge in [-0.05, 0) is 30.3 Å². The van der Waals surface area contributed by atoms with Crippen LogP contribution < -0.4 is 15.5 Å². The van der Waals surface area contributed by atoms with Crippen molar-refractivity contribution < 1.29 is 28.7 Å². The number of methoxy groups -OCH3 is 1. The van der Waals surface area contributed by atoms with E-state index in [2.05, 4.69) is 10.4 Å². The van der Waals surface area contributed by atoms with Crippen LogP contribution in [0.2, 0.25) is 0 Å². The highest BCUT2D eigenvalue weighted by molar-refractivity contribution is 6.39. The number of carbonyl (C=O) groups excluding carboxylic acids is 2. The van der Waals surface area contributed by atoms with Gasteiger partial charge >= 0.3 is 17.5 Å². The molecule has 0 fully saturated rings. The molecule has 11 heteroatoms. The van der Waals surface area contributed by atoms with E-state index in [1.807, 2.05) is 5.43 Å². The summed E-state index contributed by atoms with van der Waals surface area (Å²) in [4.78, 5) is 33.5. The van der Waals surface area contributed by atoms with Crippen LogP contribution in [0.5, 0.6) is 11.5 Å². The third-order valence-electron chi connectivity index (χ3n) is 3.18. The van der Waals surface area contributed by atoms with Gasteiger partial charge in [-0.1, -0.05) is 0 Å². The van der Waals surface area contributed by atoms with Gasteiger partial charge in [-0.2, -0.15) is 5.10 Å². The number of hydrazone groups is 1. The maximum absolute atomic E-state index is 12.8. The Balaban J connectivity index is 2.04. The fourth-order valence-electron chi connectivity index (χ4n) is 1.92. The Morgan fingerprint density at radius 2 is 1.93 bits per heavy atom. The van der Waals surface area contributed by atoms with E-state index in [4.69, 9.17) is 4.74 Å². The van der Waals surface area contributed by atoms with Crippen LogP contribution in [0.1, 0.15) is 5.56 Å². The van der Waals surface area contributed by atoms with E-state index in [0.717, 1.165) is 24.4 Å². The van der Waals surface area contributed by atoms with Gasteiger partial charge in [0.25, 0.3) is 0 Å². The number of nitro benzene ring substituents is 1. The number of nitrogens with one attached hydrogen (secondary N) is 2. The number of benzene rings is 2. The molecule has 10 nitrogen and oxygen atoms in total. The molecule has 0 radical (unpaired) electrons. The van der Waals surface area contributed by atoms with Gasteiger partial charge in [-0.15, -0.1) is 0 Å².